The van der Waals surface area contributed by atoms with E-state index in [1.54, 1.807) is 91.7 Å². The molecule has 4 rings (SSSR count). The van der Waals surface area contributed by atoms with E-state index in [4.69, 9.17) is 14.2 Å². The van der Waals surface area contributed by atoms with E-state index >= 15 is 0 Å². The summed E-state index contributed by atoms with van der Waals surface area (Å²) in [4.78, 5) is 29.0. The monoisotopic (exact) mass is 696 g/mol. The number of carbonyl (C=O) groups is 2. The molecule has 12 nitrogen and oxygen atoms in total. The number of likely N-dealkylation sites (N-methyl/N-ethyl adjacent to an activating group) is 1. The number of rotatable bonds is 9. The van der Waals surface area contributed by atoms with Crippen LogP contribution in [0.25, 0.3) is 0 Å². The number of benzene rings is 3. The second kappa shape index (κ2) is 17.5. The lowest BCUT2D eigenvalue weighted by Crippen LogP contribution is -2.48. The van der Waals surface area contributed by atoms with Crippen molar-refractivity contribution < 1.29 is 37.3 Å². The number of fused-ring (bicyclic) bond motifs is 1. The molecule has 266 valence electrons. The molecule has 0 spiro atoms. The fourth-order valence-corrected chi connectivity index (χ4v) is 6.76. The van der Waals surface area contributed by atoms with Crippen molar-refractivity contribution in [3.63, 3.8) is 0 Å². The molecule has 0 saturated carbocycles. The van der Waals surface area contributed by atoms with Crippen molar-refractivity contribution in [3.05, 3.63) is 78.4 Å². The maximum atomic E-state index is 14.4. The molecule has 0 bridgehead atoms. The van der Waals surface area contributed by atoms with Crippen LogP contribution in [0.1, 0.15) is 50.4 Å². The van der Waals surface area contributed by atoms with Gasteiger partial charge in [0.15, 0.2) is 0 Å². The van der Waals surface area contributed by atoms with E-state index in [-0.39, 0.29) is 42.2 Å². The second-order valence-electron chi connectivity index (χ2n) is 12.4. The third kappa shape index (κ3) is 10.2. The lowest BCUT2D eigenvalue weighted by atomic mass is 10.0. The van der Waals surface area contributed by atoms with Crippen LogP contribution in [-0.2, 0) is 14.8 Å². The number of nitrogens with one attached hydrogen (secondary N) is 2. The molecule has 49 heavy (non-hydrogen) atoms. The van der Waals surface area contributed by atoms with Crippen LogP contribution in [0.5, 0.6) is 11.5 Å². The Labute approximate surface area is 289 Å². The van der Waals surface area contributed by atoms with Gasteiger partial charge in [-0.3, -0.25) is 4.79 Å². The van der Waals surface area contributed by atoms with Crippen molar-refractivity contribution in [2.75, 3.05) is 51.1 Å². The summed E-state index contributed by atoms with van der Waals surface area (Å²) in [6.07, 6.45) is 1.45. The highest BCUT2D eigenvalue weighted by atomic mass is 32.2. The van der Waals surface area contributed by atoms with Gasteiger partial charge < -0.3 is 34.9 Å². The van der Waals surface area contributed by atoms with Crippen LogP contribution in [0, 0.1) is 5.92 Å². The number of sulfonamides is 1. The van der Waals surface area contributed by atoms with Crippen LogP contribution in [0.4, 0.5) is 16.2 Å². The summed E-state index contributed by atoms with van der Waals surface area (Å²) in [6, 6.07) is 18.9. The zero-order valence-corrected chi connectivity index (χ0v) is 29.6. The van der Waals surface area contributed by atoms with Crippen molar-refractivity contribution in [2.24, 2.45) is 5.92 Å². The summed E-state index contributed by atoms with van der Waals surface area (Å²) in [7, 11) is -0.697. The minimum atomic E-state index is -3.78. The van der Waals surface area contributed by atoms with Crippen molar-refractivity contribution in [1.29, 1.82) is 0 Å². The Balaban J connectivity index is 1.61. The molecular formula is C36H48N4O8S. The molecule has 1 heterocycles. The SMILES string of the molecule is COc1ccc(NC(=O)Nc2ccc3c(c2)C(=O)N([C@@H](C)CO)C[C@@H](C)[C@@H](CN(C)S(=O)(=O)c2ccccc2)OCCCC[C@@H](C)O3)cc1. The van der Waals surface area contributed by atoms with Gasteiger partial charge in [-0.2, -0.15) is 4.31 Å². The molecule has 1 aliphatic heterocycles. The van der Waals surface area contributed by atoms with Crippen LogP contribution < -0.4 is 20.1 Å². The fraction of sp³-hybridized carbons (Fsp3) is 0.444. The number of carbonyl (C=O) groups excluding carboxylic acids is 2. The van der Waals surface area contributed by atoms with Gasteiger partial charge in [0, 0.05) is 44.0 Å². The van der Waals surface area contributed by atoms with Crippen molar-refractivity contribution in [1.82, 2.24) is 9.21 Å². The number of hydrogen-bond donors (Lipinski definition) is 3. The van der Waals surface area contributed by atoms with Gasteiger partial charge in [-0.05, 0) is 87.7 Å². The summed E-state index contributed by atoms with van der Waals surface area (Å²) < 4.78 is 45.8. The third-order valence-corrected chi connectivity index (χ3v) is 10.4. The van der Waals surface area contributed by atoms with Gasteiger partial charge in [-0.1, -0.05) is 25.1 Å². The number of hydrogen-bond acceptors (Lipinski definition) is 8. The first-order chi connectivity index (χ1) is 23.4. The number of ether oxygens (including phenoxy) is 3. The Morgan fingerprint density at radius 3 is 2.39 bits per heavy atom. The van der Waals surface area contributed by atoms with E-state index < -0.39 is 34.1 Å². The number of amides is 3. The Kier molecular flexibility index (Phi) is 13.4. The standard InChI is InChI=1S/C36H48N4O8S/c1-25-22-40(26(2)24-41)35(42)32-21-29(38-36(43)37-28-14-17-30(46-5)18-15-28)16-19-33(32)48-27(3)11-9-10-20-47-34(25)23-39(4)49(44,45)31-12-7-6-8-13-31/h6-8,12-19,21,25-27,34,41H,9-11,20,22-24H2,1-5H3,(H2,37,38,43)/t25-,26+,27-,34-/m1/s1. The summed E-state index contributed by atoms with van der Waals surface area (Å²) in [5.74, 6) is 0.285. The molecule has 13 heteroatoms. The quantitative estimate of drug-likeness (QED) is 0.268. The minimum Gasteiger partial charge on any atom is -0.497 e. The maximum absolute atomic E-state index is 14.4. The number of urea groups is 1. The van der Waals surface area contributed by atoms with Gasteiger partial charge in [-0.25, -0.2) is 13.2 Å². The highest BCUT2D eigenvalue weighted by molar-refractivity contribution is 7.89. The molecule has 1 aliphatic rings. The van der Waals surface area contributed by atoms with Crippen molar-refractivity contribution in [2.45, 2.75) is 63.2 Å². The zero-order chi connectivity index (χ0) is 35.6. The highest BCUT2D eigenvalue weighted by Gasteiger charge is 2.32. The molecule has 0 aliphatic carbocycles. The summed E-state index contributed by atoms with van der Waals surface area (Å²) >= 11 is 0. The molecular weight excluding hydrogens is 648 g/mol. The molecule has 0 fully saturated rings. The van der Waals surface area contributed by atoms with Gasteiger partial charge in [0.1, 0.15) is 11.5 Å². The first kappa shape index (κ1) is 37.6. The Morgan fingerprint density at radius 2 is 1.71 bits per heavy atom. The van der Waals surface area contributed by atoms with Gasteiger partial charge in [0.25, 0.3) is 5.91 Å². The van der Waals surface area contributed by atoms with Crippen molar-refractivity contribution in [3.8, 4) is 11.5 Å². The smallest absolute Gasteiger partial charge is 0.323 e. The lowest BCUT2D eigenvalue weighted by Gasteiger charge is -2.35. The Bertz CT molecular complexity index is 1640. The average molecular weight is 697 g/mol. The average Bonchev–Trinajstić information content (AvgIpc) is 3.10. The van der Waals surface area contributed by atoms with E-state index in [0.29, 0.717) is 35.9 Å². The van der Waals surface area contributed by atoms with Gasteiger partial charge in [0.05, 0.1) is 42.4 Å². The maximum Gasteiger partial charge on any atom is 0.323 e. The number of methoxy groups -OCH3 is 1. The lowest BCUT2D eigenvalue weighted by molar-refractivity contribution is -0.00833. The van der Waals surface area contributed by atoms with E-state index in [1.807, 2.05) is 13.8 Å². The van der Waals surface area contributed by atoms with Crippen LogP contribution in [0.2, 0.25) is 0 Å². The Hall–Kier alpha value is -4.17. The van der Waals surface area contributed by atoms with E-state index in [9.17, 15) is 23.1 Å². The first-order valence-electron chi connectivity index (χ1n) is 16.5. The number of anilines is 2. The summed E-state index contributed by atoms with van der Waals surface area (Å²) in [5.41, 5.74) is 1.15. The number of aliphatic hydroxyl groups excluding tert-OH is 1. The van der Waals surface area contributed by atoms with Crippen LogP contribution >= 0.6 is 0 Å². The van der Waals surface area contributed by atoms with Gasteiger partial charge >= 0.3 is 6.03 Å². The molecule has 4 atom stereocenters. The van der Waals surface area contributed by atoms with Gasteiger partial charge in [0.2, 0.25) is 10.0 Å². The first-order valence-corrected chi connectivity index (χ1v) is 17.9. The van der Waals surface area contributed by atoms with E-state index in [0.717, 1.165) is 12.8 Å². The molecule has 3 amide bonds. The van der Waals surface area contributed by atoms with Crippen LogP contribution in [0.3, 0.4) is 0 Å². The fourth-order valence-electron chi connectivity index (χ4n) is 5.55. The highest BCUT2D eigenvalue weighted by Crippen LogP contribution is 2.29. The summed E-state index contributed by atoms with van der Waals surface area (Å²) in [5, 5.41) is 15.8. The number of aliphatic hydroxyl groups is 1. The molecule has 3 N–H and O–H groups in total. The van der Waals surface area contributed by atoms with E-state index in [1.165, 1.54) is 11.4 Å². The zero-order valence-electron chi connectivity index (χ0n) is 28.8. The minimum absolute atomic E-state index is 0.0708. The number of nitrogens with zero attached hydrogens (tertiary/aromatic N) is 2. The second-order valence-corrected chi connectivity index (χ2v) is 14.5. The van der Waals surface area contributed by atoms with Crippen LogP contribution in [-0.4, -0.2) is 93.4 Å². The summed E-state index contributed by atoms with van der Waals surface area (Å²) in [6.45, 7) is 5.91. The predicted molar refractivity (Wildman–Crippen MR) is 189 cm³/mol. The Morgan fingerprint density at radius 1 is 1.04 bits per heavy atom. The molecule has 0 radical (unpaired) electrons. The topological polar surface area (TPSA) is 147 Å². The molecule has 0 aromatic heterocycles. The van der Waals surface area contributed by atoms with Gasteiger partial charge in [-0.15, -0.1) is 0 Å². The van der Waals surface area contributed by atoms with Crippen molar-refractivity contribution >= 4 is 33.3 Å². The predicted octanol–water partition coefficient (Wildman–Crippen LogP) is 5.46. The third-order valence-electron chi connectivity index (χ3n) is 8.55. The normalized spacial score (nSPS) is 20.0. The molecule has 0 unspecified atom stereocenters. The molecule has 0 saturated heterocycles. The van der Waals surface area contributed by atoms with Crippen LogP contribution in [0.15, 0.2) is 77.7 Å². The molecule has 3 aromatic carbocycles. The van der Waals surface area contributed by atoms with E-state index in [2.05, 4.69) is 10.6 Å². The molecule has 3 aromatic rings. The largest absolute Gasteiger partial charge is 0.497 e.